The predicted octanol–water partition coefficient (Wildman–Crippen LogP) is 3.15. The van der Waals surface area contributed by atoms with Gasteiger partial charge in [-0.2, -0.15) is 0 Å². The minimum atomic E-state index is -0.269. The van der Waals surface area contributed by atoms with Crippen LogP contribution in [0.1, 0.15) is 38.3 Å². The number of halogens is 1. The molecule has 0 spiro atoms. The van der Waals surface area contributed by atoms with Gasteiger partial charge in [0.05, 0.1) is 6.10 Å². The molecular weight excluding hydrogens is 222 g/mol. The van der Waals surface area contributed by atoms with Crippen LogP contribution in [0.4, 0.5) is 0 Å². The maximum absolute atomic E-state index is 9.62. The summed E-state index contributed by atoms with van der Waals surface area (Å²) in [6.45, 7) is 4.74. The average Bonchev–Trinajstić information content (AvgIpc) is 2.27. The molecule has 2 N–H and O–H groups in total. The molecule has 2 atom stereocenters. The third-order valence-corrected chi connectivity index (χ3v) is 3.00. The molecule has 0 radical (unpaired) electrons. The maximum Gasteiger partial charge on any atom is 0.0664 e. The molecule has 2 nitrogen and oxygen atoms in total. The lowest BCUT2D eigenvalue weighted by molar-refractivity contribution is 0.157. The van der Waals surface area contributed by atoms with Crippen LogP contribution >= 0.6 is 11.6 Å². The standard InChI is InChI=1S/C13H20ClNO/c1-3-6-11(16)9-15-10(2)12-7-4-5-8-13(12)14/h4-5,7-8,10-11,15-16H,3,6,9H2,1-2H3. The Balaban J connectivity index is 2.46. The second-order valence-electron chi connectivity index (χ2n) is 4.09. The van der Waals surface area contributed by atoms with Gasteiger partial charge in [0.2, 0.25) is 0 Å². The van der Waals surface area contributed by atoms with E-state index >= 15 is 0 Å². The molecule has 1 aromatic rings. The number of aliphatic hydroxyl groups is 1. The molecule has 0 saturated carbocycles. The van der Waals surface area contributed by atoms with Crippen molar-refractivity contribution in [1.29, 1.82) is 0 Å². The summed E-state index contributed by atoms with van der Waals surface area (Å²) in [7, 11) is 0. The Labute approximate surface area is 103 Å². The zero-order chi connectivity index (χ0) is 12.0. The molecule has 0 saturated heterocycles. The van der Waals surface area contributed by atoms with Crippen molar-refractivity contribution in [1.82, 2.24) is 5.32 Å². The molecule has 0 bridgehead atoms. The molecule has 1 aromatic carbocycles. The van der Waals surface area contributed by atoms with Gasteiger partial charge in [-0.3, -0.25) is 0 Å². The monoisotopic (exact) mass is 241 g/mol. The molecule has 0 heterocycles. The second-order valence-corrected chi connectivity index (χ2v) is 4.50. The Morgan fingerprint density at radius 1 is 1.38 bits per heavy atom. The smallest absolute Gasteiger partial charge is 0.0664 e. The molecule has 3 heteroatoms. The molecule has 16 heavy (non-hydrogen) atoms. The number of rotatable bonds is 6. The predicted molar refractivity (Wildman–Crippen MR) is 68.8 cm³/mol. The van der Waals surface area contributed by atoms with Crippen LogP contribution in [-0.2, 0) is 0 Å². The van der Waals surface area contributed by atoms with Gasteiger partial charge in [0, 0.05) is 17.6 Å². The summed E-state index contributed by atoms with van der Waals surface area (Å²) >= 11 is 6.09. The van der Waals surface area contributed by atoms with Crippen molar-refractivity contribution >= 4 is 11.6 Å². The van der Waals surface area contributed by atoms with Crippen LogP contribution in [0.2, 0.25) is 5.02 Å². The topological polar surface area (TPSA) is 32.3 Å². The number of hydrogen-bond acceptors (Lipinski definition) is 2. The Morgan fingerprint density at radius 2 is 2.06 bits per heavy atom. The van der Waals surface area contributed by atoms with Gasteiger partial charge in [0.15, 0.2) is 0 Å². The van der Waals surface area contributed by atoms with E-state index in [1.165, 1.54) is 0 Å². The van der Waals surface area contributed by atoms with E-state index in [-0.39, 0.29) is 12.1 Å². The summed E-state index contributed by atoms with van der Waals surface area (Å²) in [5.41, 5.74) is 1.08. The third-order valence-electron chi connectivity index (χ3n) is 2.65. The van der Waals surface area contributed by atoms with Crippen LogP contribution in [0.25, 0.3) is 0 Å². The lowest BCUT2D eigenvalue weighted by Gasteiger charge is -2.18. The Kier molecular flexibility index (Phi) is 5.81. The SMILES string of the molecule is CCCC(O)CNC(C)c1ccccc1Cl. The fraction of sp³-hybridized carbons (Fsp3) is 0.538. The summed E-state index contributed by atoms with van der Waals surface area (Å²) in [6, 6.07) is 7.95. The lowest BCUT2D eigenvalue weighted by atomic mass is 10.1. The van der Waals surface area contributed by atoms with Crippen LogP contribution in [0.3, 0.4) is 0 Å². The van der Waals surface area contributed by atoms with Crippen LogP contribution in [0.15, 0.2) is 24.3 Å². The van der Waals surface area contributed by atoms with E-state index in [4.69, 9.17) is 11.6 Å². The Bertz CT molecular complexity index is 317. The Morgan fingerprint density at radius 3 is 2.69 bits per heavy atom. The van der Waals surface area contributed by atoms with Crippen molar-refractivity contribution in [2.45, 2.75) is 38.8 Å². The molecule has 0 aliphatic heterocycles. The van der Waals surface area contributed by atoms with Crippen molar-refractivity contribution in [2.75, 3.05) is 6.54 Å². The molecule has 0 fully saturated rings. The van der Waals surface area contributed by atoms with Gasteiger partial charge < -0.3 is 10.4 Å². The Hall–Kier alpha value is -0.570. The van der Waals surface area contributed by atoms with Crippen molar-refractivity contribution in [3.8, 4) is 0 Å². The third kappa shape index (κ3) is 4.12. The minimum absolute atomic E-state index is 0.167. The van der Waals surface area contributed by atoms with E-state index in [1.54, 1.807) is 0 Å². The summed E-state index contributed by atoms with van der Waals surface area (Å²) in [5.74, 6) is 0. The van der Waals surface area contributed by atoms with Crippen molar-refractivity contribution in [3.63, 3.8) is 0 Å². The van der Waals surface area contributed by atoms with E-state index in [1.807, 2.05) is 24.3 Å². The number of nitrogens with one attached hydrogen (secondary N) is 1. The van der Waals surface area contributed by atoms with Gasteiger partial charge in [0.25, 0.3) is 0 Å². The first kappa shape index (κ1) is 13.5. The first-order valence-electron chi connectivity index (χ1n) is 5.81. The van der Waals surface area contributed by atoms with Gasteiger partial charge in [-0.05, 0) is 25.0 Å². The van der Waals surface area contributed by atoms with Gasteiger partial charge >= 0.3 is 0 Å². The van der Waals surface area contributed by atoms with E-state index in [2.05, 4.69) is 19.2 Å². The summed E-state index contributed by atoms with van der Waals surface area (Å²) in [4.78, 5) is 0. The van der Waals surface area contributed by atoms with Crippen molar-refractivity contribution in [3.05, 3.63) is 34.9 Å². The zero-order valence-corrected chi connectivity index (χ0v) is 10.7. The first-order chi connectivity index (χ1) is 7.65. The fourth-order valence-electron chi connectivity index (χ4n) is 1.68. The number of aliphatic hydroxyl groups excluding tert-OH is 1. The molecule has 1 rings (SSSR count). The highest BCUT2D eigenvalue weighted by atomic mass is 35.5. The molecule has 90 valence electrons. The van der Waals surface area contributed by atoms with Crippen LogP contribution in [0.5, 0.6) is 0 Å². The van der Waals surface area contributed by atoms with Crippen LogP contribution < -0.4 is 5.32 Å². The van der Waals surface area contributed by atoms with E-state index < -0.39 is 0 Å². The number of hydrogen-bond donors (Lipinski definition) is 2. The summed E-state index contributed by atoms with van der Waals surface area (Å²) in [5, 5.41) is 13.7. The molecule has 0 aliphatic rings. The summed E-state index contributed by atoms with van der Waals surface area (Å²) < 4.78 is 0. The quantitative estimate of drug-likeness (QED) is 0.802. The normalized spacial score (nSPS) is 14.8. The molecule has 2 unspecified atom stereocenters. The fourth-order valence-corrected chi connectivity index (χ4v) is 1.98. The van der Waals surface area contributed by atoms with Gasteiger partial charge in [-0.15, -0.1) is 0 Å². The van der Waals surface area contributed by atoms with Gasteiger partial charge in [-0.1, -0.05) is 43.1 Å². The molecule has 0 amide bonds. The minimum Gasteiger partial charge on any atom is -0.392 e. The van der Waals surface area contributed by atoms with E-state index in [0.29, 0.717) is 6.54 Å². The van der Waals surface area contributed by atoms with Gasteiger partial charge in [-0.25, -0.2) is 0 Å². The second kappa shape index (κ2) is 6.89. The molecular formula is C13H20ClNO. The largest absolute Gasteiger partial charge is 0.392 e. The van der Waals surface area contributed by atoms with Crippen LogP contribution in [-0.4, -0.2) is 17.8 Å². The zero-order valence-electron chi connectivity index (χ0n) is 9.91. The van der Waals surface area contributed by atoms with Crippen LogP contribution in [0, 0.1) is 0 Å². The number of benzene rings is 1. The highest BCUT2D eigenvalue weighted by Crippen LogP contribution is 2.21. The summed E-state index contributed by atoms with van der Waals surface area (Å²) in [6.07, 6.45) is 1.57. The van der Waals surface area contributed by atoms with Crippen molar-refractivity contribution in [2.24, 2.45) is 0 Å². The van der Waals surface area contributed by atoms with Gasteiger partial charge in [0.1, 0.15) is 0 Å². The molecule has 0 aliphatic carbocycles. The van der Waals surface area contributed by atoms with E-state index in [0.717, 1.165) is 23.4 Å². The lowest BCUT2D eigenvalue weighted by Crippen LogP contribution is -2.29. The molecule has 0 aromatic heterocycles. The highest BCUT2D eigenvalue weighted by molar-refractivity contribution is 6.31. The highest BCUT2D eigenvalue weighted by Gasteiger charge is 2.10. The van der Waals surface area contributed by atoms with Crippen molar-refractivity contribution < 1.29 is 5.11 Å². The van der Waals surface area contributed by atoms with E-state index in [9.17, 15) is 5.11 Å². The average molecular weight is 242 g/mol. The first-order valence-corrected chi connectivity index (χ1v) is 6.18. The maximum atomic E-state index is 9.62.